The lowest BCUT2D eigenvalue weighted by molar-refractivity contribution is -0.113. The van der Waals surface area contributed by atoms with Gasteiger partial charge in [0.2, 0.25) is 5.91 Å². The van der Waals surface area contributed by atoms with Gasteiger partial charge in [0.15, 0.2) is 5.16 Å². The number of halogens is 1. The second-order valence-corrected chi connectivity index (χ2v) is 7.94. The van der Waals surface area contributed by atoms with Gasteiger partial charge in [0, 0.05) is 5.02 Å². The summed E-state index contributed by atoms with van der Waals surface area (Å²) in [6.07, 6.45) is 0. The third kappa shape index (κ3) is 4.57. The molecule has 3 aromatic carbocycles. The van der Waals surface area contributed by atoms with Crippen LogP contribution in [-0.2, 0) is 4.79 Å². The summed E-state index contributed by atoms with van der Waals surface area (Å²) in [5, 5.41) is 4.32. The van der Waals surface area contributed by atoms with E-state index in [1.54, 1.807) is 61.7 Å². The van der Waals surface area contributed by atoms with E-state index >= 15 is 0 Å². The van der Waals surface area contributed by atoms with Crippen molar-refractivity contribution in [1.29, 1.82) is 0 Å². The molecule has 0 unspecified atom stereocenters. The number of methoxy groups -OCH3 is 1. The van der Waals surface area contributed by atoms with Crippen LogP contribution in [0.1, 0.15) is 0 Å². The maximum absolute atomic E-state index is 13.2. The van der Waals surface area contributed by atoms with Crippen LogP contribution in [0.4, 0.5) is 5.69 Å². The van der Waals surface area contributed by atoms with Crippen LogP contribution in [-0.4, -0.2) is 28.3 Å². The average Bonchev–Trinajstić information content (AvgIpc) is 2.79. The zero-order valence-electron chi connectivity index (χ0n) is 16.5. The van der Waals surface area contributed by atoms with E-state index in [2.05, 4.69) is 10.3 Å². The summed E-state index contributed by atoms with van der Waals surface area (Å²) in [6.45, 7) is 0. The number of carbonyl (C=O) groups excluding carboxylic acids is 1. The number of amides is 1. The Morgan fingerprint density at radius 1 is 1.06 bits per heavy atom. The van der Waals surface area contributed by atoms with Crippen LogP contribution in [0.25, 0.3) is 16.6 Å². The van der Waals surface area contributed by atoms with Crippen LogP contribution in [0.15, 0.2) is 82.7 Å². The van der Waals surface area contributed by atoms with Crippen molar-refractivity contribution in [2.75, 3.05) is 18.2 Å². The molecule has 0 saturated heterocycles. The number of nitrogens with zero attached hydrogens (tertiary/aromatic N) is 2. The van der Waals surface area contributed by atoms with Crippen molar-refractivity contribution in [3.8, 4) is 11.4 Å². The number of anilines is 1. The third-order valence-electron chi connectivity index (χ3n) is 4.54. The van der Waals surface area contributed by atoms with E-state index in [-0.39, 0.29) is 17.2 Å². The molecule has 8 heteroatoms. The molecule has 1 aromatic heterocycles. The first-order chi connectivity index (χ1) is 15.1. The SMILES string of the molecule is COc1ccccc1NC(=O)CSc1nc2ccccc2c(=O)n1-c1ccc(Cl)cc1. The van der Waals surface area contributed by atoms with Gasteiger partial charge in [-0.1, -0.05) is 47.6 Å². The van der Waals surface area contributed by atoms with Gasteiger partial charge in [0.1, 0.15) is 5.75 Å². The van der Waals surface area contributed by atoms with E-state index in [1.807, 2.05) is 18.2 Å². The Kier molecular flexibility index (Phi) is 6.25. The highest BCUT2D eigenvalue weighted by Gasteiger charge is 2.15. The van der Waals surface area contributed by atoms with Crippen LogP contribution in [0, 0.1) is 0 Å². The largest absolute Gasteiger partial charge is 0.495 e. The lowest BCUT2D eigenvalue weighted by atomic mass is 10.2. The van der Waals surface area contributed by atoms with Gasteiger partial charge in [0.05, 0.1) is 35.1 Å². The molecular weight excluding hydrogens is 434 g/mol. The van der Waals surface area contributed by atoms with Crippen LogP contribution in [0.3, 0.4) is 0 Å². The first kappa shape index (κ1) is 21.0. The Labute approximate surface area is 187 Å². The number of aromatic nitrogens is 2. The molecule has 156 valence electrons. The first-order valence-corrected chi connectivity index (χ1v) is 10.8. The first-order valence-electron chi connectivity index (χ1n) is 9.40. The number of benzene rings is 3. The second kappa shape index (κ2) is 9.24. The van der Waals surface area contributed by atoms with Gasteiger partial charge < -0.3 is 10.1 Å². The lowest BCUT2D eigenvalue weighted by Gasteiger charge is -2.14. The Morgan fingerprint density at radius 3 is 2.55 bits per heavy atom. The molecule has 4 rings (SSSR count). The minimum atomic E-state index is -0.237. The average molecular weight is 452 g/mol. The van der Waals surface area contributed by atoms with Gasteiger partial charge in [-0.15, -0.1) is 0 Å². The summed E-state index contributed by atoms with van der Waals surface area (Å²) in [5.41, 5.74) is 1.57. The topological polar surface area (TPSA) is 73.2 Å². The van der Waals surface area contributed by atoms with Crippen molar-refractivity contribution in [2.45, 2.75) is 5.16 Å². The molecule has 0 bridgehead atoms. The Morgan fingerprint density at radius 2 is 1.77 bits per heavy atom. The summed E-state index contributed by atoms with van der Waals surface area (Å²) >= 11 is 7.19. The van der Waals surface area contributed by atoms with Gasteiger partial charge in [-0.3, -0.25) is 14.2 Å². The molecule has 0 spiro atoms. The number of hydrogen-bond donors (Lipinski definition) is 1. The minimum Gasteiger partial charge on any atom is -0.495 e. The maximum Gasteiger partial charge on any atom is 0.266 e. The molecule has 0 aliphatic rings. The zero-order valence-corrected chi connectivity index (χ0v) is 18.1. The molecule has 0 atom stereocenters. The standard InChI is InChI=1S/C23H18ClN3O3S/c1-30-20-9-5-4-8-19(20)25-21(28)14-31-23-26-18-7-3-2-6-17(18)22(29)27(23)16-12-10-15(24)11-13-16/h2-13H,14H2,1H3,(H,25,28). The van der Waals surface area contributed by atoms with Crippen molar-refractivity contribution in [3.63, 3.8) is 0 Å². The predicted octanol–water partition coefficient (Wildman–Crippen LogP) is 4.78. The van der Waals surface area contributed by atoms with Gasteiger partial charge >= 0.3 is 0 Å². The normalized spacial score (nSPS) is 10.8. The molecule has 0 fully saturated rings. The fourth-order valence-electron chi connectivity index (χ4n) is 3.09. The zero-order chi connectivity index (χ0) is 21.8. The summed E-state index contributed by atoms with van der Waals surface area (Å²) in [5.74, 6) is 0.401. The van der Waals surface area contributed by atoms with Gasteiger partial charge in [-0.25, -0.2) is 4.98 Å². The number of para-hydroxylation sites is 3. The summed E-state index contributed by atoms with van der Waals surface area (Å²) in [6, 6.07) is 21.2. The molecule has 6 nitrogen and oxygen atoms in total. The summed E-state index contributed by atoms with van der Waals surface area (Å²) < 4.78 is 6.77. The van der Waals surface area contributed by atoms with Crippen molar-refractivity contribution < 1.29 is 9.53 Å². The summed E-state index contributed by atoms with van der Waals surface area (Å²) in [7, 11) is 1.55. The van der Waals surface area contributed by atoms with Crippen molar-refractivity contribution in [3.05, 3.63) is 88.2 Å². The highest BCUT2D eigenvalue weighted by molar-refractivity contribution is 7.99. The number of rotatable bonds is 6. The molecule has 0 radical (unpaired) electrons. The lowest BCUT2D eigenvalue weighted by Crippen LogP contribution is -2.23. The van der Waals surface area contributed by atoms with Crippen LogP contribution in [0.5, 0.6) is 5.75 Å². The van der Waals surface area contributed by atoms with Crippen LogP contribution < -0.4 is 15.6 Å². The molecule has 0 aliphatic heterocycles. The Hall–Kier alpha value is -3.29. The Bertz CT molecular complexity index is 1310. The van der Waals surface area contributed by atoms with Gasteiger partial charge in [-0.2, -0.15) is 0 Å². The monoisotopic (exact) mass is 451 g/mol. The molecule has 31 heavy (non-hydrogen) atoms. The fraction of sp³-hybridized carbons (Fsp3) is 0.0870. The van der Waals surface area contributed by atoms with Crippen molar-refractivity contribution in [2.24, 2.45) is 0 Å². The molecule has 1 heterocycles. The minimum absolute atomic E-state index is 0.0659. The van der Waals surface area contributed by atoms with Crippen LogP contribution in [0.2, 0.25) is 5.02 Å². The number of carbonyl (C=O) groups is 1. The van der Waals surface area contributed by atoms with E-state index in [0.29, 0.717) is 38.2 Å². The van der Waals surface area contributed by atoms with E-state index in [0.717, 1.165) is 0 Å². The fourth-order valence-corrected chi connectivity index (χ4v) is 4.03. The molecule has 1 amide bonds. The van der Waals surface area contributed by atoms with Crippen molar-refractivity contribution >= 4 is 45.9 Å². The van der Waals surface area contributed by atoms with Gasteiger partial charge in [0.25, 0.3) is 5.56 Å². The number of hydrogen-bond acceptors (Lipinski definition) is 5. The maximum atomic E-state index is 13.2. The van der Waals surface area contributed by atoms with E-state index in [1.165, 1.54) is 16.3 Å². The number of thioether (sulfide) groups is 1. The Balaban J connectivity index is 1.66. The third-order valence-corrected chi connectivity index (χ3v) is 5.73. The molecule has 1 N–H and O–H groups in total. The highest BCUT2D eigenvalue weighted by atomic mass is 35.5. The highest BCUT2D eigenvalue weighted by Crippen LogP contribution is 2.25. The molecular formula is C23H18ClN3O3S. The number of nitrogens with one attached hydrogen (secondary N) is 1. The quantitative estimate of drug-likeness (QED) is 0.337. The second-order valence-electron chi connectivity index (χ2n) is 6.57. The van der Waals surface area contributed by atoms with Gasteiger partial charge in [-0.05, 0) is 48.5 Å². The van der Waals surface area contributed by atoms with Crippen LogP contribution >= 0.6 is 23.4 Å². The number of ether oxygens (including phenoxy) is 1. The molecule has 0 aliphatic carbocycles. The summed E-state index contributed by atoms with van der Waals surface area (Å²) in [4.78, 5) is 30.4. The number of fused-ring (bicyclic) bond motifs is 1. The molecule has 4 aromatic rings. The van der Waals surface area contributed by atoms with E-state index < -0.39 is 0 Å². The smallest absolute Gasteiger partial charge is 0.266 e. The predicted molar refractivity (Wildman–Crippen MR) is 125 cm³/mol. The van der Waals surface area contributed by atoms with Crippen molar-refractivity contribution in [1.82, 2.24) is 9.55 Å². The molecule has 0 saturated carbocycles. The van der Waals surface area contributed by atoms with E-state index in [4.69, 9.17) is 16.3 Å². The van der Waals surface area contributed by atoms with E-state index in [9.17, 15) is 9.59 Å².